The average molecular weight is 514 g/mol. The van der Waals surface area contributed by atoms with Gasteiger partial charge in [0.1, 0.15) is 0 Å². The number of unbranched alkanes of at least 4 members (excludes halogenated alkanes) is 1. The Bertz CT molecular complexity index is 1420. The van der Waals surface area contributed by atoms with Gasteiger partial charge in [-0.2, -0.15) is 0 Å². The van der Waals surface area contributed by atoms with Crippen LogP contribution in [-0.2, 0) is 11.2 Å². The largest absolute Gasteiger partial charge is 0.481 e. The number of fused-ring (bicyclic) bond motifs is 1. The summed E-state index contributed by atoms with van der Waals surface area (Å²) in [7, 11) is 0. The normalized spacial score (nSPS) is 15.3. The fourth-order valence-electron chi connectivity index (χ4n) is 4.93. The summed E-state index contributed by atoms with van der Waals surface area (Å²) < 4.78 is 0. The first kappa shape index (κ1) is 24.9. The van der Waals surface area contributed by atoms with Crippen molar-refractivity contribution in [2.45, 2.75) is 38.0 Å². The molecule has 0 radical (unpaired) electrons. The zero-order valence-corrected chi connectivity index (χ0v) is 21.2. The van der Waals surface area contributed by atoms with Crippen LogP contribution in [0.4, 0.5) is 0 Å². The molecule has 1 unspecified atom stereocenters. The number of carbonyl (C=O) groups excluding carboxylic acids is 1. The topological polar surface area (TPSA) is 83.4 Å². The highest BCUT2D eigenvalue weighted by Gasteiger charge is 2.28. The summed E-state index contributed by atoms with van der Waals surface area (Å²) in [5.41, 5.74) is 5.68. The summed E-state index contributed by atoms with van der Waals surface area (Å²) in [6, 6.07) is 23.3. The van der Waals surface area contributed by atoms with Crippen molar-refractivity contribution in [3.05, 3.63) is 94.6 Å². The molecule has 1 N–H and O–H groups in total. The third-order valence-corrected chi connectivity index (χ3v) is 7.15. The third-order valence-electron chi connectivity index (χ3n) is 6.90. The molecule has 2 heterocycles. The van der Waals surface area contributed by atoms with Crippen molar-refractivity contribution in [2.75, 3.05) is 13.1 Å². The third kappa shape index (κ3) is 5.81. The smallest absolute Gasteiger partial charge is 0.303 e. The second-order valence-corrected chi connectivity index (χ2v) is 9.91. The number of likely N-dealkylation sites (tertiary alicyclic amines) is 1. The summed E-state index contributed by atoms with van der Waals surface area (Å²) in [5.74, 6) is -0.446. The van der Waals surface area contributed by atoms with E-state index in [9.17, 15) is 9.59 Å². The lowest BCUT2D eigenvalue weighted by Crippen LogP contribution is -2.28. The van der Waals surface area contributed by atoms with Gasteiger partial charge in [-0.1, -0.05) is 54.1 Å². The Morgan fingerprint density at radius 3 is 2.49 bits per heavy atom. The minimum absolute atomic E-state index is 0.00640. The molecule has 0 spiro atoms. The lowest BCUT2D eigenvalue weighted by atomic mass is 9.99. The predicted octanol–water partition coefficient (Wildman–Crippen LogP) is 6.38. The van der Waals surface area contributed by atoms with E-state index >= 15 is 0 Å². The van der Waals surface area contributed by atoms with Crippen LogP contribution in [0.1, 0.15) is 53.2 Å². The first-order chi connectivity index (χ1) is 18.0. The fraction of sp³-hybridized carbons (Fsp3) is 0.267. The van der Waals surface area contributed by atoms with Gasteiger partial charge in [0.05, 0.1) is 22.4 Å². The number of aromatic nitrogens is 2. The Hall–Kier alpha value is -3.77. The Balaban J connectivity index is 1.41. The van der Waals surface area contributed by atoms with Gasteiger partial charge >= 0.3 is 5.97 Å². The maximum atomic E-state index is 13.4. The molecule has 3 aromatic carbocycles. The highest BCUT2D eigenvalue weighted by molar-refractivity contribution is 6.30. The second kappa shape index (κ2) is 11.1. The zero-order valence-electron chi connectivity index (χ0n) is 20.4. The van der Waals surface area contributed by atoms with Crippen LogP contribution in [0.3, 0.4) is 0 Å². The summed E-state index contributed by atoms with van der Waals surface area (Å²) in [5, 5.41) is 9.63. The van der Waals surface area contributed by atoms with Crippen LogP contribution < -0.4 is 0 Å². The molecular weight excluding hydrogens is 486 g/mol. The average Bonchev–Trinajstić information content (AvgIpc) is 3.41. The van der Waals surface area contributed by atoms with E-state index < -0.39 is 5.97 Å². The number of amides is 1. The van der Waals surface area contributed by atoms with Crippen LogP contribution in [0.5, 0.6) is 0 Å². The van der Waals surface area contributed by atoms with Gasteiger partial charge in [-0.25, -0.2) is 9.97 Å². The zero-order chi connectivity index (χ0) is 25.8. The number of nitrogens with zero attached hydrogens (tertiary/aromatic N) is 3. The van der Waals surface area contributed by atoms with Crippen molar-refractivity contribution in [3.63, 3.8) is 0 Å². The van der Waals surface area contributed by atoms with E-state index in [2.05, 4.69) is 12.1 Å². The molecule has 1 aromatic heterocycles. The maximum Gasteiger partial charge on any atom is 0.303 e. The Kier molecular flexibility index (Phi) is 7.47. The minimum Gasteiger partial charge on any atom is -0.481 e. The van der Waals surface area contributed by atoms with Gasteiger partial charge in [0.25, 0.3) is 5.91 Å². The molecule has 1 atom stereocenters. The van der Waals surface area contributed by atoms with Crippen molar-refractivity contribution in [2.24, 2.45) is 0 Å². The lowest BCUT2D eigenvalue weighted by Gasteiger charge is -2.17. The van der Waals surface area contributed by atoms with E-state index in [1.807, 2.05) is 65.6 Å². The molecule has 1 fully saturated rings. The second-order valence-electron chi connectivity index (χ2n) is 9.48. The number of aliphatic carboxylic acids is 1. The van der Waals surface area contributed by atoms with Crippen molar-refractivity contribution in [3.8, 4) is 11.3 Å². The number of halogens is 1. The minimum atomic E-state index is -0.804. The summed E-state index contributed by atoms with van der Waals surface area (Å²) in [6.07, 6.45) is 2.91. The molecule has 0 saturated carbocycles. The highest BCUT2D eigenvalue weighted by atomic mass is 35.5. The Morgan fingerprint density at radius 2 is 1.73 bits per heavy atom. The standard InChI is InChI=1S/C30H28ClN3O3/c31-24-13-10-21(11-14-24)29-26(8-4-5-9-28(35)36)32-27-18-22(12-15-25(27)33-29)30(37)34-17-16-23(19-34)20-6-2-1-3-7-20/h1-3,6-7,10-15,18,23H,4-5,8-9,16-17,19H2,(H,35,36). The Labute approximate surface area is 220 Å². The summed E-state index contributed by atoms with van der Waals surface area (Å²) >= 11 is 6.08. The van der Waals surface area contributed by atoms with Gasteiger partial charge in [0.15, 0.2) is 0 Å². The molecule has 5 rings (SSSR count). The monoisotopic (exact) mass is 513 g/mol. The van der Waals surface area contributed by atoms with Gasteiger partial charge in [0.2, 0.25) is 0 Å². The molecule has 1 amide bonds. The van der Waals surface area contributed by atoms with E-state index in [-0.39, 0.29) is 12.3 Å². The van der Waals surface area contributed by atoms with E-state index in [1.165, 1.54) is 5.56 Å². The molecule has 0 aliphatic carbocycles. The molecule has 188 valence electrons. The summed E-state index contributed by atoms with van der Waals surface area (Å²) in [6.45, 7) is 1.43. The van der Waals surface area contributed by atoms with Crippen LogP contribution in [0.2, 0.25) is 5.02 Å². The predicted molar refractivity (Wildman–Crippen MR) is 145 cm³/mol. The van der Waals surface area contributed by atoms with Crippen molar-refractivity contribution in [1.29, 1.82) is 0 Å². The van der Waals surface area contributed by atoms with Crippen molar-refractivity contribution in [1.82, 2.24) is 14.9 Å². The molecular formula is C30H28ClN3O3. The van der Waals surface area contributed by atoms with Crippen LogP contribution in [0, 0.1) is 0 Å². The quantitative estimate of drug-likeness (QED) is 0.276. The molecule has 6 nitrogen and oxygen atoms in total. The molecule has 1 aliphatic heterocycles. The number of benzene rings is 3. The van der Waals surface area contributed by atoms with Gasteiger partial charge in [-0.3, -0.25) is 9.59 Å². The number of carboxylic acid groups (broad SMARTS) is 1. The molecule has 1 saturated heterocycles. The van der Waals surface area contributed by atoms with E-state index in [0.717, 1.165) is 29.9 Å². The van der Waals surface area contributed by atoms with E-state index in [4.69, 9.17) is 26.7 Å². The molecule has 4 aromatic rings. The number of carboxylic acids is 1. The van der Waals surface area contributed by atoms with Gasteiger partial charge in [0, 0.05) is 41.6 Å². The van der Waals surface area contributed by atoms with E-state index in [1.54, 1.807) is 0 Å². The summed E-state index contributed by atoms with van der Waals surface area (Å²) in [4.78, 5) is 36.0. The van der Waals surface area contributed by atoms with Crippen molar-refractivity contribution >= 4 is 34.5 Å². The first-order valence-corrected chi connectivity index (χ1v) is 13.0. The Morgan fingerprint density at radius 1 is 0.946 bits per heavy atom. The van der Waals surface area contributed by atoms with Crippen LogP contribution >= 0.6 is 11.6 Å². The number of hydrogen-bond acceptors (Lipinski definition) is 4. The highest BCUT2D eigenvalue weighted by Crippen LogP contribution is 2.30. The van der Waals surface area contributed by atoms with Crippen LogP contribution in [0.25, 0.3) is 22.3 Å². The number of rotatable bonds is 8. The fourth-order valence-corrected chi connectivity index (χ4v) is 5.06. The first-order valence-electron chi connectivity index (χ1n) is 12.6. The molecule has 7 heteroatoms. The number of hydrogen-bond donors (Lipinski definition) is 1. The number of aryl methyl sites for hydroxylation is 1. The molecule has 37 heavy (non-hydrogen) atoms. The van der Waals surface area contributed by atoms with Gasteiger partial charge < -0.3 is 10.0 Å². The molecule has 1 aliphatic rings. The van der Waals surface area contributed by atoms with Gasteiger partial charge in [-0.15, -0.1) is 0 Å². The lowest BCUT2D eigenvalue weighted by molar-refractivity contribution is -0.137. The van der Waals surface area contributed by atoms with Crippen molar-refractivity contribution < 1.29 is 14.7 Å². The van der Waals surface area contributed by atoms with E-state index in [0.29, 0.717) is 53.3 Å². The molecule has 0 bridgehead atoms. The SMILES string of the molecule is O=C(O)CCCCc1nc2cc(C(=O)N3CCC(c4ccccc4)C3)ccc2nc1-c1ccc(Cl)cc1. The number of carbonyl (C=O) groups is 2. The van der Waals surface area contributed by atoms with Crippen LogP contribution in [-0.4, -0.2) is 44.9 Å². The maximum absolute atomic E-state index is 13.4. The van der Waals surface area contributed by atoms with Crippen LogP contribution in [0.15, 0.2) is 72.8 Å². The van der Waals surface area contributed by atoms with Gasteiger partial charge in [-0.05, 0) is 61.6 Å².